The van der Waals surface area contributed by atoms with E-state index in [1.807, 2.05) is 0 Å². The van der Waals surface area contributed by atoms with Crippen LogP contribution in [0.2, 0.25) is 0 Å². The summed E-state index contributed by atoms with van der Waals surface area (Å²) in [6.45, 7) is 14.2. The van der Waals surface area contributed by atoms with Gasteiger partial charge in [-0.15, -0.1) is 0 Å². The van der Waals surface area contributed by atoms with Gasteiger partial charge in [-0.25, -0.2) is 9.41 Å². The monoisotopic (exact) mass is 342 g/mol. The van der Waals surface area contributed by atoms with E-state index in [1.165, 1.54) is 11.3 Å². The van der Waals surface area contributed by atoms with Gasteiger partial charge in [0.15, 0.2) is 5.69 Å². The molecule has 1 rings (SSSR count). The fourth-order valence-electron chi connectivity index (χ4n) is 1.80. The van der Waals surface area contributed by atoms with Gasteiger partial charge in [-0.05, 0) is 25.3 Å². The zero-order valence-electron chi connectivity index (χ0n) is 13.0. The number of thiophene rings is 1. The number of hydrogen-bond donors (Lipinski definition) is 0. The molecule has 0 radical (unpaired) electrons. The average molecular weight is 342 g/mol. The first-order valence-electron chi connectivity index (χ1n) is 6.85. The molecule has 6 nitrogen and oxygen atoms in total. The maximum atomic E-state index is 12.7. The molecular weight excluding hydrogens is 323 g/mol. The maximum absolute atomic E-state index is 12.7. The van der Waals surface area contributed by atoms with Gasteiger partial charge in [0.2, 0.25) is 5.60 Å². The first-order valence-corrected chi connectivity index (χ1v) is 9.19. The zero-order valence-corrected chi connectivity index (χ0v) is 14.7. The maximum Gasteiger partial charge on any atom is 0.476 e. The molecule has 0 aliphatic rings. The van der Waals surface area contributed by atoms with E-state index in [-0.39, 0.29) is 19.1 Å². The number of phosphoric ester groups is 1. The molecule has 0 aromatic carbocycles. The Morgan fingerprint density at radius 2 is 2.05 bits per heavy atom. The van der Waals surface area contributed by atoms with Gasteiger partial charge in [0.1, 0.15) is 6.07 Å². The Balaban J connectivity index is 3.31. The fraction of sp³-hybridized carbons (Fsp3) is 0.571. The number of rotatable bonds is 8. The molecule has 8 heteroatoms. The van der Waals surface area contributed by atoms with Crippen LogP contribution in [-0.2, 0) is 23.7 Å². The van der Waals surface area contributed by atoms with Gasteiger partial charge in [-0.1, -0.05) is 13.8 Å². The molecule has 0 saturated heterocycles. The Labute approximate surface area is 135 Å². The summed E-state index contributed by atoms with van der Waals surface area (Å²) in [5.74, 6) is -0.316. The third-order valence-corrected chi connectivity index (χ3v) is 5.58. The minimum Gasteiger partial charge on any atom is -0.287 e. The molecule has 1 aromatic heterocycles. The minimum atomic E-state index is -3.87. The summed E-state index contributed by atoms with van der Waals surface area (Å²) < 4.78 is 28.6. The molecule has 1 heterocycles. The summed E-state index contributed by atoms with van der Waals surface area (Å²) in [6, 6.07) is 3.67. The quantitative estimate of drug-likeness (QED) is 0.498. The molecular formula is C14H19N2O4PS. The molecule has 0 bridgehead atoms. The standard InChI is InChI=1S/C14H19N2O4PS/c1-6-18-21(17,19-7-2)20-14(10-15,11(3)4)13-8-12(16-5)9-22-13/h8-9,11H,6-7H2,1-4H3. The van der Waals surface area contributed by atoms with Crippen molar-refractivity contribution in [3.8, 4) is 6.07 Å². The van der Waals surface area contributed by atoms with E-state index in [9.17, 15) is 9.83 Å². The van der Waals surface area contributed by atoms with Crippen LogP contribution in [0.5, 0.6) is 0 Å². The second kappa shape index (κ2) is 7.87. The van der Waals surface area contributed by atoms with Crippen molar-refractivity contribution < 1.29 is 18.1 Å². The molecule has 22 heavy (non-hydrogen) atoms. The van der Waals surface area contributed by atoms with E-state index in [0.29, 0.717) is 10.6 Å². The molecule has 0 spiro atoms. The van der Waals surface area contributed by atoms with Gasteiger partial charge in [0.25, 0.3) is 0 Å². The molecule has 0 amide bonds. The summed E-state index contributed by atoms with van der Waals surface area (Å²) in [5.41, 5.74) is -1.08. The average Bonchev–Trinajstić information content (AvgIpc) is 2.94. The number of nitriles is 1. The van der Waals surface area contributed by atoms with Gasteiger partial charge in [0.05, 0.1) is 19.8 Å². The molecule has 0 fully saturated rings. The Bertz CT molecular complexity index is 622. The van der Waals surface area contributed by atoms with E-state index in [4.69, 9.17) is 20.1 Å². The van der Waals surface area contributed by atoms with Crippen LogP contribution in [0.1, 0.15) is 32.6 Å². The third kappa shape index (κ3) is 3.95. The molecule has 120 valence electrons. The van der Waals surface area contributed by atoms with Crippen molar-refractivity contribution in [3.05, 3.63) is 27.7 Å². The second-order valence-electron chi connectivity index (χ2n) is 4.66. The summed E-state index contributed by atoms with van der Waals surface area (Å²) in [6.07, 6.45) is 0. The van der Waals surface area contributed by atoms with Crippen LogP contribution < -0.4 is 0 Å². The van der Waals surface area contributed by atoms with Gasteiger partial charge in [-0.3, -0.25) is 13.6 Å². The number of nitrogens with zero attached hydrogens (tertiary/aromatic N) is 2. The Kier molecular flexibility index (Phi) is 6.74. The van der Waals surface area contributed by atoms with Crippen molar-refractivity contribution in [2.75, 3.05) is 13.2 Å². The predicted octanol–water partition coefficient (Wildman–Crippen LogP) is 4.87. The van der Waals surface area contributed by atoms with E-state index < -0.39 is 13.4 Å². The van der Waals surface area contributed by atoms with Crippen molar-refractivity contribution in [1.29, 1.82) is 5.26 Å². The Morgan fingerprint density at radius 1 is 1.45 bits per heavy atom. The first-order chi connectivity index (χ1) is 10.4. The summed E-state index contributed by atoms with van der Waals surface area (Å²) in [5, 5.41) is 11.3. The predicted molar refractivity (Wildman–Crippen MR) is 84.7 cm³/mol. The molecule has 0 aliphatic carbocycles. The van der Waals surface area contributed by atoms with Crippen LogP contribution in [0.15, 0.2) is 11.4 Å². The van der Waals surface area contributed by atoms with E-state index in [0.717, 1.165) is 0 Å². The molecule has 1 atom stereocenters. The third-order valence-electron chi connectivity index (χ3n) is 2.89. The van der Waals surface area contributed by atoms with Crippen LogP contribution in [0.4, 0.5) is 5.69 Å². The number of phosphoric acid groups is 1. The van der Waals surface area contributed by atoms with Gasteiger partial charge >= 0.3 is 7.82 Å². The van der Waals surface area contributed by atoms with Crippen LogP contribution in [-0.4, -0.2) is 13.2 Å². The van der Waals surface area contributed by atoms with Crippen molar-refractivity contribution in [2.45, 2.75) is 33.3 Å². The largest absolute Gasteiger partial charge is 0.476 e. The van der Waals surface area contributed by atoms with Gasteiger partial charge in [-0.2, -0.15) is 16.6 Å². The normalized spacial score (nSPS) is 14.3. The highest BCUT2D eigenvalue weighted by molar-refractivity contribution is 7.48. The van der Waals surface area contributed by atoms with Crippen molar-refractivity contribution in [3.63, 3.8) is 0 Å². The van der Waals surface area contributed by atoms with Crippen LogP contribution in [0.3, 0.4) is 0 Å². The van der Waals surface area contributed by atoms with Crippen molar-refractivity contribution >= 4 is 24.8 Å². The van der Waals surface area contributed by atoms with Crippen molar-refractivity contribution in [2.24, 2.45) is 5.92 Å². The van der Waals surface area contributed by atoms with Gasteiger partial charge in [0, 0.05) is 10.8 Å². The lowest BCUT2D eigenvalue weighted by Gasteiger charge is -2.32. The lowest BCUT2D eigenvalue weighted by atomic mass is 9.90. The van der Waals surface area contributed by atoms with E-state index in [1.54, 1.807) is 39.1 Å². The fourth-order valence-corrected chi connectivity index (χ4v) is 4.43. The summed E-state index contributed by atoms with van der Waals surface area (Å²) >= 11 is 1.22. The minimum absolute atomic E-state index is 0.134. The summed E-state index contributed by atoms with van der Waals surface area (Å²) in [7, 11) is -3.87. The van der Waals surface area contributed by atoms with Gasteiger partial charge < -0.3 is 0 Å². The Hall–Kier alpha value is -1.21. The first kappa shape index (κ1) is 18.8. The number of hydrogen-bond acceptors (Lipinski definition) is 6. The smallest absolute Gasteiger partial charge is 0.287 e. The van der Waals surface area contributed by atoms with Crippen LogP contribution >= 0.6 is 19.2 Å². The second-order valence-corrected chi connectivity index (χ2v) is 7.16. The highest BCUT2D eigenvalue weighted by Crippen LogP contribution is 2.57. The molecule has 1 unspecified atom stereocenters. The highest BCUT2D eigenvalue weighted by atomic mass is 32.1. The highest BCUT2D eigenvalue weighted by Gasteiger charge is 2.46. The molecule has 0 N–H and O–H groups in total. The molecule has 1 aromatic rings. The zero-order chi connectivity index (χ0) is 16.8. The van der Waals surface area contributed by atoms with Crippen molar-refractivity contribution in [1.82, 2.24) is 0 Å². The topological polar surface area (TPSA) is 72.9 Å². The Morgan fingerprint density at radius 3 is 2.41 bits per heavy atom. The van der Waals surface area contributed by atoms with E-state index in [2.05, 4.69) is 10.9 Å². The summed E-state index contributed by atoms with van der Waals surface area (Å²) in [4.78, 5) is 3.84. The SMILES string of the molecule is [C-]#[N+]c1csc(C(C#N)(OP(=O)(OCC)OCC)C(C)C)c1. The van der Waals surface area contributed by atoms with Crippen LogP contribution in [0.25, 0.3) is 4.85 Å². The lowest BCUT2D eigenvalue weighted by molar-refractivity contribution is 0.0180. The molecule has 0 saturated carbocycles. The lowest BCUT2D eigenvalue weighted by Crippen LogP contribution is -2.32. The molecule has 0 aliphatic heterocycles. The van der Waals surface area contributed by atoms with Crippen LogP contribution in [0, 0.1) is 23.8 Å². The van der Waals surface area contributed by atoms with E-state index >= 15 is 0 Å².